The van der Waals surface area contributed by atoms with Crippen molar-refractivity contribution in [1.82, 2.24) is 14.9 Å². The molecule has 1 aliphatic rings. The van der Waals surface area contributed by atoms with Crippen LogP contribution in [-0.4, -0.2) is 34.9 Å². The number of rotatable bonds is 8. The van der Waals surface area contributed by atoms with Gasteiger partial charge in [0.25, 0.3) is 0 Å². The summed E-state index contributed by atoms with van der Waals surface area (Å²) in [6, 6.07) is 8.67. The number of fused-ring (bicyclic) bond motifs is 1. The number of halogens is 3. The Bertz CT molecular complexity index is 1370. The van der Waals surface area contributed by atoms with Crippen molar-refractivity contribution in [3.8, 4) is 0 Å². The van der Waals surface area contributed by atoms with Crippen LogP contribution >= 0.6 is 11.3 Å². The molecule has 3 heterocycles. The number of nitrogens with zero attached hydrogens (tertiary/aromatic N) is 3. The second kappa shape index (κ2) is 10.5. The lowest BCUT2D eigenvalue weighted by atomic mass is 10.0. The van der Waals surface area contributed by atoms with Gasteiger partial charge in [0.2, 0.25) is 5.91 Å². The first-order valence-electron chi connectivity index (χ1n) is 11.7. The van der Waals surface area contributed by atoms with Crippen LogP contribution in [0.5, 0.6) is 0 Å². The smallest absolute Gasteiger partial charge is 0.302 e. The van der Waals surface area contributed by atoms with Crippen molar-refractivity contribution in [2.75, 3.05) is 11.1 Å². The SMILES string of the molecule is CCS(=O)(=O)c1ccc(CC(=O)Nc2nc3c(s2)CN(Cc2ccc(C(F)(F)F)nc2)C3C(C)C)cc1. The van der Waals surface area contributed by atoms with Crippen LogP contribution in [0.25, 0.3) is 0 Å². The molecule has 1 amide bonds. The van der Waals surface area contributed by atoms with Gasteiger partial charge in [0.05, 0.1) is 28.8 Å². The number of hydrogen-bond acceptors (Lipinski definition) is 7. The first-order chi connectivity index (χ1) is 17.4. The molecule has 3 aromatic rings. The molecule has 1 aliphatic heterocycles. The van der Waals surface area contributed by atoms with Gasteiger partial charge < -0.3 is 5.32 Å². The molecule has 0 saturated heterocycles. The number of amides is 1. The lowest BCUT2D eigenvalue weighted by Crippen LogP contribution is -2.26. The maximum Gasteiger partial charge on any atom is 0.433 e. The van der Waals surface area contributed by atoms with E-state index in [0.29, 0.717) is 29.3 Å². The van der Waals surface area contributed by atoms with E-state index in [2.05, 4.69) is 34.0 Å². The summed E-state index contributed by atoms with van der Waals surface area (Å²) >= 11 is 1.38. The summed E-state index contributed by atoms with van der Waals surface area (Å²) < 4.78 is 62.4. The van der Waals surface area contributed by atoms with Crippen molar-refractivity contribution in [3.05, 3.63) is 70.0 Å². The summed E-state index contributed by atoms with van der Waals surface area (Å²) in [6.45, 7) is 6.69. The zero-order valence-electron chi connectivity index (χ0n) is 20.5. The molecule has 0 saturated carbocycles. The average Bonchev–Trinajstić information content (AvgIpc) is 3.35. The van der Waals surface area contributed by atoms with E-state index in [0.717, 1.165) is 16.6 Å². The number of alkyl halides is 3. The Labute approximate surface area is 217 Å². The number of sulfone groups is 1. The van der Waals surface area contributed by atoms with E-state index in [1.165, 1.54) is 35.7 Å². The number of pyridine rings is 1. The van der Waals surface area contributed by atoms with Crippen molar-refractivity contribution in [3.63, 3.8) is 0 Å². The van der Waals surface area contributed by atoms with Crippen LogP contribution in [0.3, 0.4) is 0 Å². The number of aromatic nitrogens is 2. The molecule has 1 N–H and O–H groups in total. The highest BCUT2D eigenvalue weighted by Crippen LogP contribution is 2.43. The van der Waals surface area contributed by atoms with Crippen LogP contribution in [0.1, 0.15) is 54.2 Å². The third kappa shape index (κ3) is 6.19. The Hall–Kier alpha value is -2.83. The van der Waals surface area contributed by atoms with E-state index in [9.17, 15) is 26.4 Å². The molecule has 4 rings (SSSR count). The number of hydrogen-bond donors (Lipinski definition) is 1. The summed E-state index contributed by atoms with van der Waals surface area (Å²) in [5, 5.41) is 3.32. The Morgan fingerprint density at radius 1 is 1.16 bits per heavy atom. The van der Waals surface area contributed by atoms with Gasteiger partial charge in [-0.05, 0) is 35.2 Å². The van der Waals surface area contributed by atoms with Crippen LogP contribution in [0.4, 0.5) is 18.3 Å². The Morgan fingerprint density at radius 3 is 2.41 bits per heavy atom. The van der Waals surface area contributed by atoms with Gasteiger partial charge in [-0.2, -0.15) is 13.2 Å². The molecule has 0 aliphatic carbocycles. The summed E-state index contributed by atoms with van der Waals surface area (Å²) in [6.07, 6.45) is -3.13. The summed E-state index contributed by atoms with van der Waals surface area (Å²) in [7, 11) is -3.30. The van der Waals surface area contributed by atoms with Crippen LogP contribution in [-0.2, 0) is 40.3 Å². The Morgan fingerprint density at radius 2 is 1.84 bits per heavy atom. The largest absolute Gasteiger partial charge is 0.433 e. The van der Waals surface area contributed by atoms with Gasteiger partial charge >= 0.3 is 6.18 Å². The second-order valence-corrected chi connectivity index (χ2v) is 12.6. The predicted octanol–water partition coefficient (Wildman–Crippen LogP) is 5.24. The van der Waals surface area contributed by atoms with Crippen LogP contribution < -0.4 is 5.32 Å². The minimum atomic E-state index is -4.47. The van der Waals surface area contributed by atoms with Crippen molar-refractivity contribution in [2.45, 2.75) is 57.4 Å². The number of carbonyl (C=O) groups excluding carboxylic acids is 1. The van der Waals surface area contributed by atoms with Gasteiger partial charge in [-0.1, -0.05) is 39.0 Å². The number of benzene rings is 1. The van der Waals surface area contributed by atoms with E-state index in [4.69, 9.17) is 0 Å². The number of carbonyl (C=O) groups is 1. The van der Waals surface area contributed by atoms with Crippen molar-refractivity contribution >= 4 is 32.2 Å². The molecule has 2 aromatic heterocycles. The first-order valence-corrected chi connectivity index (χ1v) is 14.2. The lowest BCUT2D eigenvalue weighted by Gasteiger charge is -2.27. The van der Waals surface area contributed by atoms with Crippen LogP contribution in [0.15, 0.2) is 47.5 Å². The van der Waals surface area contributed by atoms with Crippen molar-refractivity contribution in [1.29, 1.82) is 0 Å². The number of anilines is 1. The molecule has 0 bridgehead atoms. The highest BCUT2D eigenvalue weighted by atomic mass is 32.2. The molecule has 0 spiro atoms. The zero-order valence-corrected chi connectivity index (χ0v) is 22.2. The molecule has 12 heteroatoms. The van der Waals surface area contributed by atoms with Gasteiger partial charge in [-0.3, -0.25) is 14.7 Å². The monoisotopic (exact) mass is 552 g/mol. The van der Waals surface area contributed by atoms with E-state index in [1.807, 2.05) is 0 Å². The lowest BCUT2D eigenvalue weighted by molar-refractivity contribution is -0.141. The van der Waals surface area contributed by atoms with E-state index in [-0.39, 0.29) is 34.9 Å². The minimum Gasteiger partial charge on any atom is -0.302 e. The summed E-state index contributed by atoms with van der Waals surface area (Å²) in [4.78, 5) is 24.2. The van der Waals surface area contributed by atoms with E-state index in [1.54, 1.807) is 19.1 Å². The van der Waals surface area contributed by atoms with Gasteiger partial charge in [0, 0.05) is 24.2 Å². The zero-order chi connectivity index (χ0) is 27.0. The quantitative estimate of drug-likeness (QED) is 0.411. The summed E-state index contributed by atoms with van der Waals surface area (Å²) in [5.74, 6) is -0.0584. The molecule has 37 heavy (non-hydrogen) atoms. The second-order valence-electron chi connectivity index (χ2n) is 9.24. The van der Waals surface area contributed by atoms with Crippen molar-refractivity contribution in [2.24, 2.45) is 5.92 Å². The van der Waals surface area contributed by atoms with Crippen LogP contribution in [0, 0.1) is 5.92 Å². The maximum atomic E-state index is 12.8. The number of thiazole rings is 1. The highest BCUT2D eigenvalue weighted by molar-refractivity contribution is 7.91. The Balaban J connectivity index is 1.41. The molecule has 1 aromatic carbocycles. The van der Waals surface area contributed by atoms with Crippen molar-refractivity contribution < 1.29 is 26.4 Å². The fraction of sp³-hybridized carbons (Fsp3) is 0.400. The molecule has 0 radical (unpaired) electrons. The molecular weight excluding hydrogens is 525 g/mol. The van der Waals surface area contributed by atoms with Gasteiger partial charge in [-0.15, -0.1) is 11.3 Å². The molecule has 0 fully saturated rings. The fourth-order valence-corrected chi connectivity index (χ4v) is 6.29. The molecule has 198 valence electrons. The Kier molecular flexibility index (Phi) is 7.72. The van der Waals surface area contributed by atoms with Gasteiger partial charge in [0.1, 0.15) is 5.69 Å². The fourth-order valence-electron chi connectivity index (χ4n) is 4.36. The molecule has 1 atom stereocenters. The number of nitrogens with one attached hydrogen (secondary N) is 1. The van der Waals surface area contributed by atoms with Crippen LogP contribution in [0.2, 0.25) is 0 Å². The predicted molar refractivity (Wildman–Crippen MR) is 135 cm³/mol. The minimum absolute atomic E-state index is 0.0115. The standard InChI is InChI=1S/C25H27F3N4O3S2/c1-4-37(34,35)18-8-5-16(6-9-18)11-21(33)30-24-31-22-19(36-24)14-32(23(22)15(2)3)13-17-7-10-20(29-12-17)25(26,27)28/h5-10,12,15,23H,4,11,13-14H2,1-3H3,(H,30,31,33). The van der Waals surface area contributed by atoms with E-state index < -0.39 is 21.7 Å². The van der Waals surface area contributed by atoms with Gasteiger partial charge in [0.15, 0.2) is 15.0 Å². The average molecular weight is 553 g/mol. The molecule has 7 nitrogen and oxygen atoms in total. The normalized spacial score (nSPS) is 16.2. The molecular formula is C25H27F3N4O3S2. The maximum absolute atomic E-state index is 12.8. The third-order valence-electron chi connectivity index (χ3n) is 6.15. The molecule has 1 unspecified atom stereocenters. The highest BCUT2D eigenvalue weighted by Gasteiger charge is 2.37. The first kappa shape index (κ1) is 27.2. The van der Waals surface area contributed by atoms with Gasteiger partial charge in [-0.25, -0.2) is 13.4 Å². The third-order valence-corrected chi connectivity index (χ3v) is 8.88. The topological polar surface area (TPSA) is 92.3 Å². The van der Waals surface area contributed by atoms with E-state index >= 15 is 0 Å². The summed E-state index contributed by atoms with van der Waals surface area (Å²) in [5.41, 5.74) is 1.32.